The largest absolute Gasteiger partial charge is 0.321 e. The first kappa shape index (κ1) is 33.7. The van der Waals surface area contributed by atoms with Gasteiger partial charge in [-0.25, -0.2) is 4.68 Å². The van der Waals surface area contributed by atoms with Crippen LogP contribution in [0.15, 0.2) is 125 Å². The molecule has 3 amide bonds. The third kappa shape index (κ3) is 8.21. The predicted molar refractivity (Wildman–Crippen MR) is 193 cm³/mol. The maximum Gasteiger partial charge on any atom is 0.295 e. The molecule has 48 heavy (non-hydrogen) atoms. The van der Waals surface area contributed by atoms with Gasteiger partial charge in [0.2, 0.25) is 5.91 Å². The van der Waals surface area contributed by atoms with Gasteiger partial charge >= 0.3 is 0 Å². The lowest BCUT2D eigenvalue weighted by atomic mass is 10.0. The summed E-state index contributed by atoms with van der Waals surface area (Å²) in [4.78, 5) is 53.4. The maximum absolute atomic E-state index is 13.5. The Kier molecular flexibility index (Phi) is 10.8. The average molecular weight is 660 g/mol. The Morgan fingerprint density at radius 1 is 0.833 bits per heavy atom. The highest BCUT2D eigenvalue weighted by Crippen LogP contribution is 2.23. The number of aromatic nitrogens is 2. The van der Waals surface area contributed by atoms with Gasteiger partial charge in [0, 0.05) is 23.2 Å². The molecular weight excluding hydrogens is 623 g/mol. The van der Waals surface area contributed by atoms with Crippen LogP contribution in [0.3, 0.4) is 0 Å². The number of para-hydroxylation sites is 1. The van der Waals surface area contributed by atoms with Gasteiger partial charge in [-0.3, -0.25) is 23.9 Å². The van der Waals surface area contributed by atoms with Gasteiger partial charge in [-0.2, -0.15) is 0 Å². The Morgan fingerprint density at radius 3 is 2.17 bits per heavy atom. The molecular formula is C38H37N5O4S. The average Bonchev–Trinajstić information content (AvgIpc) is 3.30. The van der Waals surface area contributed by atoms with Crippen molar-refractivity contribution in [3.8, 4) is 5.69 Å². The van der Waals surface area contributed by atoms with E-state index in [4.69, 9.17) is 0 Å². The Hall–Kier alpha value is -5.61. The molecule has 0 unspecified atom stereocenters. The van der Waals surface area contributed by atoms with E-state index in [2.05, 4.69) is 29.8 Å². The SMILES string of the molecule is Cc1c(NC(=O)CSc2cccc(NC(=O)/C(=C\c3ccc(C(C)C)cc3)NC(=O)c3ccccc3)c2)c(=O)n(-c2ccccc2)n1C. The summed E-state index contributed by atoms with van der Waals surface area (Å²) in [5.74, 6) is -0.839. The fourth-order valence-electron chi connectivity index (χ4n) is 4.98. The summed E-state index contributed by atoms with van der Waals surface area (Å²) in [6.07, 6.45) is 1.64. The number of carbonyl (C=O) groups is 3. The van der Waals surface area contributed by atoms with Crippen LogP contribution >= 0.6 is 11.8 Å². The smallest absolute Gasteiger partial charge is 0.295 e. The van der Waals surface area contributed by atoms with E-state index in [0.717, 1.165) is 16.0 Å². The fourth-order valence-corrected chi connectivity index (χ4v) is 5.74. The van der Waals surface area contributed by atoms with Crippen LogP contribution in [0.4, 0.5) is 11.4 Å². The first-order valence-electron chi connectivity index (χ1n) is 15.5. The second kappa shape index (κ2) is 15.3. The number of thioether (sulfide) groups is 1. The molecule has 0 atom stereocenters. The quantitative estimate of drug-likeness (QED) is 0.107. The number of anilines is 2. The van der Waals surface area contributed by atoms with Gasteiger partial charge < -0.3 is 16.0 Å². The Balaban J connectivity index is 1.28. The van der Waals surface area contributed by atoms with Crippen LogP contribution in [0.1, 0.15) is 46.9 Å². The predicted octanol–water partition coefficient (Wildman–Crippen LogP) is 6.75. The van der Waals surface area contributed by atoms with E-state index < -0.39 is 11.8 Å². The molecule has 0 saturated heterocycles. The highest BCUT2D eigenvalue weighted by Gasteiger charge is 2.19. The van der Waals surface area contributed by atoms with Crippen molar-refractivity contribution >= 4 is 46.9 Å². The zero-order valence-corrected chi connectivity index (χ0v) is 28.0. The molecule has 0 spiro atoms. The lowest BCUT2D eigenvalue weighted by Crippen LogP contribution is -2.30. The highest BCUT2D eigenvalue weighted by molar-refractivity contribution is 8.00. The Labute approximate surface area is 283 Å². The summed E-state index contributed by atoms with van der Waals surface area (Å²) >= 11 is 1.27. The molecule has 0 saturated carbocycles. The van der Waals surface area contributed by atoms with Crippen LogP contribution in [0.25, 0.3) is 11.8 Å². The molecule has 0 aliphatic rings. The lowest BCUT2D eigenvalue weighted by molar-refractivity contribution is -0.114. The van der Waals surface area contributed by atoms with Gasteiger partial charge in [0.25, 0.3) is 17.4 Å². The molecule has 244 valence electrons. The zero-order chi connectivity index (χ0) is 34.2. The van der Waals surface area contributed by atoms with Gasteiger partial charge in [-0.15, -0.1) is 11.8 Å². The second-order valence-electron chi connectivity index (χ2n) is 11.5. The van der Waals surface area contributed by atoms with Crippen molar-refractivity contribution in [2.24, 2.45) is 7.05 Å². The van der Waals surface area contributed by atoms with E-state index >= 15 is 0 Å². The number of nitrogens with one attached hydrogen (secondary N) is 3. The summed E-state index contributed by atoms with van der Waals surface area (Å²) in [6.45, 7) is 5.99. The molecule has 3 N–H and O–H groups in total. The molecule has 5 rings (SSSR count). The van der Waals surface area contributed by atoms with Crippen LogP contribution in [-0.2, 0) is 16.6 Å². The molecule has 1 aromatic heterocycles. The minimum Gasteiger partial charge on any atom is -0.321 e. The van der Waals surface area contributed by atoms with Gasteiger partial charge in [0.05, 0.1) is 17.1 Å². The van der Waals surface area contributed by atoms with Gasteiger partial charge in [0.15, 0.2) is 0 Å². The number of nitrogens with zero attached hydrogens (tertiary/aromatic N) is 2. The van der Waals surface area contributed by atoms with Crippen molar-refractivity contribution in [3.05, 3.63) is 148 Å². The molecule has 1 heterocycles. The first-order valence-corrected chi connectivity index (χ1v) is 16.5. The molecule has 0 radical (unpaired) electrons. The number of hydrogen-bond acceptors (Lipinski definition) is 5. The second-order valence-corrected chi connectivity index (χ2v) is 12.5. The van der Waals surface area contributed by atoms with Crippen LogP contribution in [0.5, 0.6) is 0 Å². The monoisotopic (exact) mass is 659 g/mol. The number of rotatable bonds is 11. The summed E-state index contributed by atoms with van der Waals surface area (Å²) < 4.78 is 3.22. The molecule has 0 fully saturated rings. The van der Waals surface area contributed by atoms with Crippen molar-refractivity contribution in [1.82, 2.24) is 14.7 Å². The summed E-state index contributed by atoms with van der Waals surface area (Å²) in [5, 5.41) is 8.41. The Morgan fingerprint density at radius 2 is 1.50 bits per heavy atom. The standard InChI is InChI=1S/C38H37N5O4S/c1-25(2)28-20-18-27(19-21-28)22-33(40-36(45)29-12-7-5-8-13-29)37(46)39-30-14-11-17-32(23-30)48-24-34(44)41-35-26(3)42(4)43(38(35)47)31-15-9-6-10-16-31/h5-23,25H,24H2,1-4H3,(H,39,46)(H,40,45)(H,41,44)/b33-22+. The third-order valence-corrected chi connectivity index (χ3v) is 8.72. The first-order chi connectivity index (χ1) is 23.1. The summed E-state index contributed by atoms with van der Waals surface area (Å²) in [6, 6.07) is 32.8. The molecule has 10 heteroatoms. The molecule has 5 aromatic rings. The van der Waals surface area contributed by atoms with Crippen LogP contribution in [-0.4, -0.2) is 32.8 Å². The number of carbonyl (C=O) groups excluding carboxylic acids is 3. The zero-order valence-electron chi connectivity index (χ0n) is 27.2. The minimum atomic E-state index is -0.499. The third-order valence-electron chi connectivity index (χ3n) is 7.72. The Bertz CT molecular complexity index is 2010. The number of hydrogen-bond donors (Lipinski definition) is 3. The van der Waals surface area contributed by atoms with Gasteiger partial charge in [-0.05, 0) is 72.5 Å². The number of amides is 3. The maximum atomic E-state index is 13.5. The van der Waals surface area contributed by atoms with Crippen LogP contribution < -0.4 is 21.5 Å². The van der Waals surface area contributed by atoms with E-state index in [1.54, 1.807) is 67.2 Å². The normalized spacial score (nSPS) is 11.3. The van der Waals surface area contributed by atoms with E-state index in [1.807, 2.05) is 66.7 Å². The van der Waals surface area contributed by atoms with Crippen molar-refractivity contribution in [1.29, 1.82) is 0 Å². The molecule has 4 aromatic carbocycles. The topological polar surface area (TPSA) is 114 Å². The minimum absolute atomic E-state index is 0.0428. The van der Waals surface area contributed by atoms with Crippen molar-refractivity contribution in [3.63, 3.8) is 0 Å². The highest BCUT2D eigenvalue weighted by atomic mass is 32.2. The van der Waals surface area contributed by atoms with E-state index in [9.17, 15) is 19.2 Å². The van der Waals surface area contributed by atoms with Crippen molar-refractivity contribution < 1.29 is 14.4 Å². The van der Waals surface area contributed by atoms with E-state index in [1.165, 1.54) is 16.4 Å². The van der Waals surface area contributed by atoms with Crippen molar-refractivity contribution in [2.75, 3.05) is 16.4 Å². The van der Waals surface area contributed by atoms with Crippen LogP contribution in [0, 0.1) is 6.92 Å². The lowest BCUT2D eigenvalue weighted by Gasteiger charge is -2.13. The molecule has 0 bridgehead atoms. The van der Waals surface area contributed by atoms with Gasteiger partial charge in [-0.1, -0.05) is 80.6 Å². The van der Waals surface area contributed by atoms with Crippen molar-refractivity contribution in [2.45, 2.75) is 31.6 Å². The van der Waals surface area contributed by atoms with Crippen LogP contribution in [0.2, 0.25) is 0 Å². The number of benzene rings is 4. The molecule has 0 aliphatic heterocycles. The molecule has 9 nitrogen and oxygen atoms in total. The van der Waals surface area contributed by atoms with E-state index in [0.29, 0.717) is 28.6 Å². The molecule has 0 aliphatic carbocycles. The summed E-state index contributed by atoms with van der Waals surface area (Å²) in [5.41, 5.74) is 4.16. The summed E-state index contributed by atoms with van der Waals surface area (Å²) in [7, 11) is 1.77. The fraction of sp³-hybridized carbons (Fsp3) is 0.158. The van der Waals surface area contributed by atoms with E-state index in [-0.39, 0.29) is 28.6 Å². The van der Waals surface area contributed by atoms with Gasteiger partial charge in [0.1, 0.15) is 11.4 Å².